The molecule has 1 fully saturated rings. The lowest BCUT2D eigenvalue weighted by Gasteiger charge is -2.32. The maximum absolute atomic E-state index is 12.8. The Morgan fingerprint density at radius 1 is 1.07 bits per heavy atom. The van der Waals surface area contributed by atoms with E-state index in [4.69, 9.17) is 4.74 Å². The first-order chi connectivity index (χ1) is 14.0. The summed E-state index contributed by atoms with van der Waals surface area (Å²) >= 11 is 0. The van der Waals surface area contributed by atoms with Crippen LogP contribution in [-0.2, 0) is 7.05 Å². The van der Waals surface area contributed by atoms with Crippen molar-refractivity contribution in [3.63, 3.8) is 0 Å². The molecule has 0 saturated carbocycles. The summed E-state index contributed by atoms with van der Waals surface area (Å²) < 4.78 is 7.75. The molecular weight excluding hydrogens is 366 g/mol. The highest BCUT2D eigenvalue weighted by Gasteiger charge is 2.29. The number of hydrogen-bond donors (Lipinski definition) is 0. The number of carbonyl (C=O) groups is 1. The molecule has 4 rings (SSSR count). The normalized spacial score (nSPS) is 14.8. The second kappa shape index (κ2) is 8.03. The number of benzene rings is 1. The molecule has 150 valence electrons. The first kappa shape index (κ1) is 19.1. The largest absolute Gasteiger partial charge is 0.437 e. The van der Waals surface area contributed by atoms with Crippen molar-refractivity contribution in [1.82, 2.24) is 24.6 Å². The van der Waals surface area contributed by atoms with Crippen molar-refractivity contribution in [3.8, 4) is 11.6 Å². The number of likely N-dealkylation sites (tertiary alicyclic amines) is 1. The summed E-state index contributed by atoms with van der Waals surface area (Å²) in [6.45, 7) is 5.32. The standard InChI is InChI=1S/C22H25N5O2/c1-15-4-6-18(7-5-15)29-21-20(23-10-11-24-21)17-8-12-27(13-9-17)22(28)19-14-25-26(3)16(19)2/h4-7,10-11,14,17H,8-9,12-13H2,1-3H3. The molecule has 29 heavy (non-hydrogen) atoms. The van der Waals surface area contributed by atoms with Crippen LogP contribution in [0, 0.1) is 13.8 Å². The maximum Gasteiger partial charge on any atom is 0.257 e. The molecule has 0 spiro atoms. The van der Waals surface area contributed by atoms with E-state index >= 15 is 0 Å². The molecule has 1 aliphatic rings. The number of piperidine rings is 1. The zero-order valence-electron chi connectivity index (χ0n) is 17.0. The van der Waals surface area contributed by atoms with Gasteiger partial charge in [-0.25, -0.2) is 4.98 Å². The van der Waals surface area contributed by atoms with Gasteiger partial charge < -0.3 is 9.64 Å². The second-order valence-corrected chi connectivity index (χ2v) is 7.50. The Kier molecular flexibility index (Phi) is 5.29. The molecule has 2 aromatic heterocycles. The van der Waals surface area contributed by atoms with Gasteiger partial charge in [0.15, 0.2) is 0 Å². The highest BCUT2D eigenvalue weighted by molar-refractivity contribution is 5.95. The minimum Gasteiger partial charge on any atom is -0.437 e. The van der Waals surface area contributed by atoms with Crippen LogP contribution in [0.3, 0.4) is 0 Å². The second-order valence-electron chi connectivity index (χ2n) is 7.50. The lowest BCUT2D eigenvalue weighted by Crippen LogP contribution is -2.38. The molecule has 1 aromatic carbocycles. The van der Waals surface area contributed by atoms with E-state index in [1.807, 2.05) is 50.1 Å². The van der Waals surface area contributed by atoms with Crippen molar-refractivity contribution < 1.29 is 9.53 Å². The molecule has 0 atom stereocenters. The van der Waals surface area contributed by atoms with E-state index in [0.29, 0.717) is 24.5 Å². The number of rotatable bonds is 4. The highest BCUT2D eigenvalue weighted by Crippen LogP contribution is 2.34. The molecule has 7 nitrogen and oxygen atoms in total. The fraction of sp³-hybridized carbons (Fsp3) is 0.364. The van der Waals surface area contributed by atoms with Gasteiger partial charge in [-0.15, -0.1) is 0 Å². The summed E-state index contributed by atoms with van der Waals surface area (Å²) in [4.78, 5) is 23.7. The van der Waals surface area contributed by atoms with Crippen LogP contribution in [0.1, 0.15) is 46.1 Å². The van der Waals surface area contributed by atoms with E-state index in [-0.39, 0.29) is 11.8 Å². The van der Waals surface area contributed by atoms with E-state index in [1.54, 1.807) is 23.3 Å². The van der Waals surface area contributed by atoms with Crippen molar-refractivity contribution in [2.24, 2.45) is 7.05 Å². The van der Waals surface area contributed by atoms with Gasteiger partial charge in [0.1, 0.15) is 11.4 Å². The number of nitrogens with zero attached hydrogens (tertiary/aromatic N) is 5. The predicted molar refractivity (Wildman–Crippen MR) is 109 cm³/mol. The molecule has 0 radical (unpaired) electrons. The molecule has 1 saturated heterocycles. The van der Waals surface area contributed by atoms with Gasteiger partial charge in [0.2, 0.25) is 5.88 Å². The van der Waals surface area contributed by atoms with Gasteiger partial charge in [0.25, 0.3) is 5.91 Å². The third-order valence-electron chi connectivity index (χ3n) is 5.56. The fourth-order valence-corrected chi connectivity index (χ4v) is 3.65. The van der Waals surface area contributed by atoms with Crippen LogP contribution in [0.4, 0.5) is 0 Å². The van der Waals surface area contributed by atoms with Crippen LogP contribution in [0.5, 0.6) is 11.6 Å². The van der Waals surface area contributed by atoms with E-state index in [2.05, 4.69) is 15.1 Å². The zero-order chi connectivity index (χ0) is 20.4. The van der Waals surface area contributed by atoms with Crippen molar-refractivity contribution >= 4 is 5.91 Å². The van der Waals surface area contributed by atoms with Crippen LogP contribution in [-0.4, -0.2) is 43.6 Å². The van der Waals surface area contributed by atoms with Crippen LogP contribution in [0.25, 0.3) is 0 Å². The summed E-state index contributed by atoms with van der Waals surface area (Å²) in [7, 11) is 1.85. The number of hydrogen-bond acceptors (Lipinski definition) is 5. The summed E-state index contributed by atoms with van der Waals surface area (Å²) in [5.41, 5.74) is 3.60. The van der Waals surface area contributed by atoms with Crippen LogP contribution >= 0.6 is 0 Å². The lowest BCUT2D eigenvalue weighted by atomic mass is 9.93. The third-order valence-corrected chi connectivity index (χ3v) is 5.56. The van der Waals surface area contributed by atoms with Gasteiger partial charge in [0, 0.05) is 44.1 Å². The zero-order valence-corrected chi connectivity index (χ0v) is 17.0. The Balaban J connectivity index is 1.45. The maximum atomic E-state index is 12.8. The minimum absolute atomic E-state index is 0.0457. The SMILES string of the molecule is Cc1ccc(Oc2nccnc2C2CCN(C(=O)c3cnn(C)c3C)CC2)cc1. The Morgan fingerprint density at radius 3 is 2.41 bits per heavy atom. The minimum atomic E-state index is 0.0457. The highest BCUT2D eigenvalue weighted by atomic mass is 16.5. The number of amides is 1. The van der Waals surface area contributed by atoms with Crippen molar-refractivity contribution in [1.29, 1.82) is 0 Å². The number of aryl methyl sites for hydroxylation is 2. The predicted octanol–water partition coefficient (Wildman–Crippen LogP) is 3.64. The van der Waals surface area contributed by atoms with Gasteiger partial charge in [-0.05, 0) is 38.8 Å². The van der Waals surface area contributed by atoms with Gasteiger partial charge in [0.05, 0.1) is 11.8 Å². The molecule has 1 aliphatic heterocycles. The third kappa shape index (κ3) is 3.99. The molecule has 3 heterocycles. The summed E-state index contributed by atoms with van der Waals surface area (Å²) in [5.74, 6) is 1.55. The molecule has 0 unspecified atom stereocenters. The summed E-state index contributed by atoms with van der Waals surface area (Å²) in [6, 6.07) is 7.89. The molecule has 0 N–H and O–H groups in total. The Morgan fingerprint density at radius 2 is 1.76 bits per heavy atom. The monoisotopic (exact) mass is 391 g/mol. The number of ether oxygens (including phenoxy) is 1. The smallest absolute Gasteiger partial charge is 0.257 e. The average Bonchev–Trinajstić information content (AvgIpc) is 3.08. The first-order valence-electron chi connectivity index (χ1n) is 9.86. The van der Waals surface area contributed by atoms with Gasteiger partial charge in [-0.1, -0.05) is 17.7 Å². The number of aromatic nitrogens is 4. The summed E-state index contributed by atoms with van der Waals surface area (Å²) in [5, 5.41) is 4.19. The fourth-order valence-electron chi connectivity index (χ4n) is 3.65. The first-order valence-corrected chi connectivity index (χ1v) is 9.86. The topological polar surface area (TPSA) is 73.1 Å². The van der Waals surface area contributed by atoms with Crippen LogP contribution < -0.4 is 4.74 Å². The van der Waals surface area contributed by atoms with Crippen molar-refractivity contribution in [2.45, 2.75) is 32.6 Å². The average molecular weight is 391 g/mol. The van der Waals surface area contributed by atoms with Crippen molar-refractivity contribution in [2.75, 3.05) is 13.1 Å². The Hall–Kier alpha value is -3.22. The van der Waals surface area contributed by atoms with E-state index in [0.717, 1.165) is 30.0 Å². The quantitative estimate of drug-likeness (QED) is 0.679. The van der Waals surface area contributed by atoms with E-state index in [9.17, 15) is 4.79 Å². The molecule has 3 aromatic rings. The van der Waals surface area contributed by atoms with Crippen molar-refractivity contribution in [3.05, 3.63) is 65.4 Å². The van der Waals surface area contributed by atoms with E-state index in [1.165, 1.54) is 5.56 Å². The van der Waals surface area contributed by atoms with Crippen LogP contribution in [0.2, 0.25) is 0 Å². The molecular formula is C22H25N5O2. The molecule has 0 bridgehead atoms. The van der Waals surface area contributed by atoms with Gasteiger partial charge in [-0.3, -0.25) is 14.5 Å². The number of carbonyl (C=O) groups excluding carboxylic acids is 1. The summed E-state index contributed by atoms with van der Waals surface area (Å²) in [6.07, 6.45) is 6.66. The Labute approximate surface area is 170 Å². The van der Waals surface area contributed by atoms with Gasteiger partial charge in [-0.2, -0.15) is 5.10 Å². The molecule has 7 heteroatoms. The Bertz CT molecular complexity index is 1000. The van der Waals surface area contributed by atoms with Gasteiger partial charge >= 0.3 is 0 Å². The molecule has 1 amide bonds. The molecule has 0 aliphatic carbocycles. The van der Waals surface area contributed by atoms with Crippen LogP contribution in [0.15, 0.2) is 42.9 Å². The lowest BCUT2D eigenvalue weighted by molar-refractivity contribution is 0.0710. The van der Waals surface area contributed by atoms with E-state index < -0.39 is 0 Å².